The normalized spacial score (nSPS) is 11.9. The van der Waals surface area contributed by atoms with E-state index in [1.54, 1.807) is 6.07 Å². The first-order valence-electron chi connectivity index (χ1n) is 7.90. The van der Waals surface area contributed by atoms with Crippen molar-refractivity contribution in [1.82, 2.24) is 10.3 Å². The highest BCUT2D eigenvalue weighted by molar-refractivity contribution is 6.31. The van der Waals surface area contributed by atoms with E-state index >= 15 is 0 Å². The van der Waals surface area contributed by atoms with Gasteiger partial charge in [-0.15, -0.1) is 0 Å². The molecule has 2 aromatic carbocycles. The minimum Gasteiger partial charge on any atom is -0.446 e. The van der Waals surface area contributed by atoms with Gasteiger partial charge in [0.25, 0.3) is 5.91 Å². The number of carbonyl (C=O) groups is 1. The lowest BCUT2D eigenvalue weighted by Crippen LogP contribution is -2.23. The molecular formula is C19H18ClN3O2. The van der Waals surface area contributed by atoms with E-state index in [2.05, 4.69) is 10.3 Å². The van der Waals surface area contributed by atoms with Crippen LogP contribution in [0.15, 0.2) is 65.3 Å². The lowest BCUT2D eigenvalue weighted by molar-refractivity contribution is 0.0946. The van der Waals surface area contributed by atoms with Crippen LogP contribution >= 0.6 is 11.6 Å². The molecule has 0 bridgehead atoms. The Morgan fingerprint density at radius 3 is 2.64 bits per heavy atom. The molecule has 0 aliphatic carbocycles. The largest absolute Gasteiger partial charge is 0.446 e. The molecule has 1 amide bonds. The summed E-state index contributed by atoms with van der Waals surface area (Å²) in [5, 5.41) is 3.38. The van der Waals surface area contributed by atoms with Crippen LogP contribution in [0.5, 0.6) is 0 Å². The van der Waals surface area contributed by atoms with Crippen LogP contribution in [0.1, 0.15) is 33.5 Å². The van der Waals surface area contributed by atoms with E-state index in [0.717, 1.165) is 11.1 Å². The van der Waals surface area contributed by atoms with Gasteiger partial charge in [-0.25, -0.2) is 4.98 Å². The number of halogens is 1. The molecule has 3 rings (SSSR count). The Bertz CT molecular complexity index is 849. The molecule has 0 saturated carbocycles. The topological polar surface area (TPSA) is 81.1 Å². The maximum absolute atomic E-state index is 12.2. The molecule has 1 unspecified atom stereocenters. The molecule has 3 aromatic rings. The van der Waals surface area contributed by atoms with Crippen molar-refractivity contribution >= 4 is 17.5 Å². The zero-order valence-electron chi connectivity index (χ0n) is 13.5. The van der Waals surface area contributed by atoms with Crippen molar-refractivity contribution in [3.05, 3.63) is 88.6 Å². The van der Waals surface area contributed by atoms with Gasteiger partial charge in [0, 0.05) is 11.6 Å². The van der Waals surface area contributed by atoms with Crippen molar-refractivity contribution in [1.29, 1.82) is 0 Å². The molecule has 0 radical (unpaired) electrons. The number of aromatic nitrogens is 1. The van der Waals surface area contributed by atoms with E-state index in [0.29, 0.717) is 23.9 Å². The van der Waals surface area contributed by atoms with Crippen molar-refractivity contribution in [3.63, 3.8) is 0 Å². The maximum atomic E-state index is 12.2. The molecule has 25 heavy (non-hydrogen) atoms. The Hall–Kier alpha value is -2.63. The van der Waals surface area contributed by atoms with Crippen LogP contribution in [0.25, 0.3) is 0 Å². The number of nitrogens with one attached hydrogen (secondary N) is 1. The zero-order chi connectivity index (χ0) is 17.6. The number of nitrogens with two attached hydrogens (primary N) is 1. The highest BCUT2D eigenvalue weighted by Gasteiger charge is 2.17. The van der Waals surface area contributed by atoms with Crippen molar-refractivity contribution < 1.29 is 9.21 Å². The van der Waals surface area contributed by atoms with Crippen molar-refractivity contribution in [2.75, 3.05) is 0 Å². The van der Waals surface area contributed by atoms with Gasteiger partial charge in [-0.1, -0.05) is 60.1 Å². The maximum Gasteiger partial charge on any atom is 0.273 e. The Morgan fingerprint density at radius 1 is 1.16 bits per heavy atom. The van der Waals surface area contributed by atoms with Crippen LogP contribution in [0.4, 0.5) is 0 Å². The molecule has 0 aliphatic heterocycles. The van der Waals surface area contributed by atoms with E-state index in [9.17, 15) is 4.79 Å². The Morgan fingerprint density at radius 2 is 1.88 bits per heavy atom. The number of nitrogens with zero attached hydrogens (tertiary/aromatic N) is 1. The number of hydrogen-bond donors (Lipinski definition) is 2. The van der Waals surface area contributed by atoms with Gasteiger partial charge in [0.1, 0.15) is 6.26 Å². The van der Waals surface area contributed by atoms with Crippen molar-refractivity contribution in [3.8, 4) is 0 Å². The number of rotatable bonds is 6. The molecule has 3 N–H and O–H groups in total. The second kappa shape index (κ2) is 7.96. The number of amides is 1. The molecule has 1 aromatic heterocycles. The predicted octanol–water partition coefficient (Wildman–Crippen LogP) is 3.50. The standard InChI is InChI=1S/C19H18ClN3O2/c20-15-9-5-4-8-14(15)11-22-18(24)17-12-25-19(23-17)16(21)10-13-6-2-1-3-7-13/h1-9,12,16H,10-11,21H2,(H,22,24). The summed E-state index contributed by atoms with van der Waals surface area (Å²) >= 11 is 6.07. The third-order valence-electron chi connectivity index (χ3n) is 3.77. The van der Waals surface area contributed by atoms with E-state index < -0.39 is 6.04 Å². The second-order valence-corrected chi connectivity index (χ2v) is 6.05. The molecule has 6 heteroatoms. The minimum atomic E-state index is -0.410. The highest BCUT2D eigenvalue weighted by atomic mass is 35.5. The zero-order valence-corrected chi connectivity index (χ0v) is 14.2. The Labute approximate surface area is 150 Å². The molecule has 0 spiro atoms. The lowest BCUT2D eigenvalue weighted by Gasteiger charge is -2.07. The first kappa shape index (κ1) is 17.2. The van der Waals surface area contributed by atoms with Gasteiger partial charge in [-0.3, -0.25) is 4.79 Å². The first-order valence-corrected chi connectivity index (χ1v) is 8.28. The summed E-state index contributed by atoms with van der Waals surface area (Å²) in [5.74, 6) is 0.00794. The molecule has 1 atom stereocenters. The van der Waals surface area contributed by atoms with Crippen LogP contribution in [-0.4, -0.2) is 10.9 Å². The SMILES string of the molecule is NC(Cc1ccccc1)c1nc(C(=O)NCc2ccccc2Cl)co1. The lowest BCUT2D eigenvalue weighted by atomic mass is 10.1. The van der Waals surface area contributed by atoms with Crippen molar-refractivity contribution in [2.45, 2.75) is 19.0 Å². The Balaban J connectivity index is 1.60. The summed E-state index contributed by atoms with van der Waals surface area (Å²) < 4.78 is 5.37. The quantitative estimate of drug-likeness (QED) is 0.709. The third-order valence-corrected chi connectivity index (χ3v) is 4.14. The van der Waals surface area contributed by atoms with E-state index in [1.807, 2.05) is 48.5 Å². The van der Waals surface area contributed by atoms with Gasteiger partial charge < -0.3 is 15.5 Å². The van der Waals surface area contributed by atoms with Gasteiger partial charge in [-0.2, -0.15) is 0 Å². The fourth-order valence-electron chi connectivity index (χ4n) is 2.43. The molecule has 0 fully saturated rings. The second-order valence-electron chi connectivity index (χ2n) is 5.64. The van der Waals surface area contributed by atoms with E-state index in [1.165, 1.54) is 6.26 Å². The summed E-state index contributed by atoms with van der Waals surface area (Å²) in [6.45, 7) is 0.316. The van der Waals surface area contributed by atoms with Crippen molar-refractivity contribution in [2.24, 2.45) is 5.73 Å². The van der Waals surface area contributed by atoms with Gasteiger partial charge in [0.15, 0.2) is 5.69 Å². The molecule has 0 aliphatic rings. The highest BCUT2D eigenvalue weighted by Crippen LogP contribution is 2.17. The Kier molecular flexibility index (Phi) is 5.48. The predicted molar refractivity (Wildman–Crippen MR) is 96.2 cm³/mol. The smallest absolute Gasteiger partial charge is 0.273 e. The summed E-state index contributed by atoms with van der Waals surface area (Å²) in [5.41, 5.74) is 8.24. The molecule has 128 valence electrons. The van der Waals surface area contributed by atoms with Crippen LogP contribution < -0.4 is 11.1 Å². The molecular weight excluding hydrogens is 338 g/mol. The fourth-order valence-corrected chi connectivity index (χ4v) is 2.63. The average Bonchev–Trinajstić information content (AvgIpc) is 3.12. The monoisotopic (exact) mass is 355 g/mol. The fraction of sp³-hybridized carbons (Fsp3) is 0.158. The third kappa shape index (κ3) is 4.47. The molecule has 1 heterocycles. The summed E-state index contributed by atoms with van der Waals surface area (Å²) in [6, 6.07) is 16.7. The number of carbonyl (C=O) groups excluding carboxylic acids is 1. The van der Waals surface area contributed by atoms with Crippen LogP contribution in [0, 0.1) is 0 Å². The first-order chi connectivity index (χ1) is 12.1. The summed E-state index contributed by atoms with van der Waals surface area (Å²) in [7, 11) is 0. The van der Waals surface area contributed by atoms with Crippen LogP contribution in [-0.2, 0) is 13.0 Å². The average molecular weight is 356 g/mol. The number of hydrogen-bond acceptors (Lipinski definition) is 4. The van der Waals surface area contributed by atoms with E-state index in [4.69, 9.17) is 21.8 Å². The summed E-state index contributed by atoms with van der Waals surface area (Å²) in [4.78, 5) is 16.4. The molecule has 0 saturated heterocycles. The van der Waals surface area contributed by atoms with Crippen LogP contribution in [0.2, 0.25) is 5.02 Å². The van der Waals surface area contributed by atoms with Gasteiger partial charge in [-0.05, 0) is 23.6 Å². The van der Waals surface area contributed by atoms with E-state index in [-0.39, 0.29) is 11.6 Å². The molecule has 5 nitrogen and oxygen atoms in total. The van der Waals surface area contributed by atoms with Crippen LogP contribution in [0.3, 0.4) is 0 Å². The number of oxazole rings is 1. The van der Waals surface area contributed by atoms with Gasteiger partial charge in [0.2, 0.25) is 5.89 Å². The minimum absolute atomic E-state index is 0.200. The van der Waals surface area contributed by atoms with Gasteiger partial charge in [0.05, 0.1) is 6.04 Å². The number of benzene rings is 2. The summed E-state index contributed by atoms with van der Waals surface area (Å²) in [6.07, 6.45) is 1.91. The van der Waals surface area contributed by atoms with Gasteiger partial charge >= 0.3 is 0 Å².